The van der Waals surface area contributed by atoms with Gasteiger partial charge in [-0.05, 0) is 47.9 Å². The monoisotopic (exact) mass is 572 g/mol. The lowest BCUT2D eigenvalue weighted by molar-refractivity contribution is 0.599. The van der Waals surface area contributed by atoms with Crippen molar-refractivity contribution in [3.05, 3.63) is 77.1 Å². The van der Waals surface area contributed by atoms with Gasteiger partial charge in [0.2, 0.25) is 0 Å². The molecule has 0 aromatic heterocycles. The van der Waals surface area contributed by atoms with Gasteiger partial charge in [0.15, 0.2) is 15.8 Å². The summed E-state index contributed by atoms with van der Waals surface area (Å²) in [4.78, 5) is 6.92. The summed E-state index contributed by atoms with van der Waals surface area (Å²) < 4.78 is 37.2. The van der Waals surface area contributed by atoms with Crippen molar-refractivity contribution in [2.45, 2.75) is 25.8 Å². The van der Waals surface area contributed by atoms with Crippen LogP contribution in [0.3, 0.4) is 0 Å². The molecule has 0 radical (unpaired) electrons. The number of nitrogens with zero attached hydrogens (tertiary/aromatic N) is 2. The second-order valence-corrected chi connectivity index (χ2v) is 9.72. The van der Waals surface area contributed by atoms with Gasteiger partial charge in [0.05, 0.1) is 12.3 Å². The van der Waals surface area contributed by atoms with E-state index in [0.717, 1.165) is 18.7 Å². The average molecular weight is 572 g/mol. The smallest absolute Gasteiger partial charge is 0.191 e. The first-order chi connectivity index (χ1) is 14.8. The Morgan fingerprint density at radius 1 is 1.09 bits per heavy atom. The molecule has 32 heavy (non-hydrogen) atoms. The second kappa shape index (κ2) is 12.2. The Labute approximate surface area is 206 Å². The van der Waals surface area contributed by atoms with Gasteiger partial charge < -0.3 is 15.5 Å². The van der Waals surface area contributed by atoms with E-state index in [1.54, 1.807) is 0 Å². The highest BCUT2D eigenvalue weighted by Crippen LogP contribution is 2.19. The molecular formula is C23H30FIN4O2S. The normalized spacial score (nSPS) is 13.7. The number of hydrogen-bond donors (Lipinski definition) is 2. The Morgan fingerprint density at radius 2 is 1.84 bits per heavy atom. The zero-order valence-electron chi connectivity index (χ0n) is 18.3. The predicted molar refractivity (Wildman–Crippen MR) is 140 cm³/mol. The molecule has 174 valence electrons. The molecule has 2 aromatic carbocycles. The van der Waals surface area contributed by atoms with E-state index in [1.165, 1.54) is 30.1 Å². The summed E-state index contributed by atoms with van der Waals surface area (Å²) in [6, 6.07) is 12.5. The topological polar surface area (TPSA) is 73.8 Å². The zero-order valence-corrected chi connectivity index (χ0v) is 21.5. The standard InChI is InChI=1S/C23H29FN4O2S.HI/c1-3-25-23(26-15-18-7-6-8-22(13-18)28-11-4-5-12-28)27-16-20-14-21(24)10-9-19(20)17-31(2,29)30;/h4-10,13-14H,3,11-12,15-17H2,1-2H3,(H2,25,26,27);1H. The van der Waals surface area contributed by atoms with Crippen LogP contribution in [0.25, 0.3) is 0 Å². The van der Waals surface area contributed by atoms with Gasteiger partial charge >= 0.3 is 0 Å². The van der Waals surface area contributed by atoms with E-state index in [0.29, 0.717) is 30.2 Å². The lowest BCUT2D eigenvalue weighted by atomic mass is 10.1. The van der Waals surface area contributed by atoms with Gasteiger partial charge in [-0.15, -0.1) is 24.0 Å². The number of aliphatic imine (C=N–C) groups is 1. The summed E-state index contributed by atoms with van der Waals surface area (Å²) in [6.45, 7) is 5.23. The quantitative estimate of drug-likeness (QED) is 0.219. The van der Waals surface area contributed by atoms with E-state index in [4.69, 9.17) is 0 Å². The van der Waals surface area contributed by atoms with Crippen molar-refractivity contribution in [1.82, 2.24) is 10.6 Å². The molecule has 6 nitrogen and oxygen atoms in total. The highest BCUT2D eigenvalue weighted by Gasteiger charge is 2.12. The van der Waals surface area contributed by atoms with E-state index < -0.39 is 15.7 Å². The molecule has 9 heteroatoms. The fourth-order valence-electron chi connectivity index (χ4n) is 3.41. The molecule has 2 aromatic rings. The third kappa shape index (κ3) is 8.09. The summed E-state index contributed by atoms with van der Waals surface area (Å²) in [6.07, 6.45) is 5.48. The molecule has 0 spiro atoms. The minimum Gasteiger partial charge on any atom is -0.364 e. The van der Waals surface area contributed by atoms with E-state index in [-0.39, 0.29) is 36.3 Å². The third-order valence-electron chi connectivity index (χ3n) is 4.89. The Hall–Kier alpha value is -2.14. The van der Waals surface area contributed by atoms with Crippen LogP contribution in [0, 0.1) is 5.82 Å². The first-order valence-electron chi connectivity index (χ1n) is 10.3. The van der Waals surface area contributed by atoms with Gasteiger partial charge in [-0.1, -0.05) is 30.4 Å². The fraction of sp³-hybridized carbons (Fsp3) is 0.348. The summed E-state index contributed by atoms with van der Waals surface area (Å²) in [7, 11) is -3.22. The molecule has 0 saturated heterocycles. The number of nitrogens with one attached hydrogen (secondary N) is 2. The van der Waals surface area contributed by atoms with Crippen LogP contribution in [0.1, 0.15) is 23.6 Å². The molecule has 0 fully saturated rings. The zero-order chi connectivity index (χ0) is 22.3. The van der Waals surface area contributed by atoms with E-state index >= 15 is 0 Å². The lowest BCUT2D eigenvalue weighted by Crippen LogP contribution is -2.37. The van der Waals surface area contributed by atoms with Crippen LogP contribution in [-0.4, -0.2) is 40.3 Å². The molecule has 1 heterocycles. The molecule has 2 N–H and O–H groups in total. The Morgan fingerprint density at radius 3 is 2.53 bits per heavy atom. The average Bonchev–Trinajstić information content (AvgIpc) is 3.26. The van der Waals surface area contributed by atoms with Crippen molar-refractivity contribution in [3.63, 3.8) is 0 Å². The van der Waals surface area contributed by atoms with E-state index in [2.05, 4.69) is 44.8 Å². The highest BCUT2D eigenvalue weighted by atomic mass is 127. The number of rotatable bonds is 8. The van der Waals surface area contributed by atoms with Gasteiger partial charge in [-0.3, -0.25) is 0 Å². The molecule has 0 bridgehead atoms. The predicted octanol–water partition coefficient (Wildman–Crippen LogP) is 3.62. The van der Waals surface area contributed by atoms with Crippen molar-refractivity contribution in [2.24, 2.45) is 4.99 Å². The number of halogens is 2. The van der Waals surface area contributed by atoms with Crippen LogP contribution < -0.4 is 15.5 Å². The van der Waals surface area contributed by atoms with Crippen LogP contribution in [0.2, 0.25) is 0 Å². The van der Waals surface area contributed by atoms with Gasteiger partial charge in [-0.2, -0.15) is 0 Å². The SMILES string of the molecule is CCNC(=NCc1cccc(N2CC=CC2)c1)NCc1cc(F)ccc1CS(C)(=O)=O.I. The number of guanidine groups is 1. The van der Waals surface area contributed by atoms with Crippen molar-refractivity contribution < 1.29 is 12.8 Å². The largest absolute Gasteiger partial charge is 0.364 e. The molecular weight excluding hydrogens is 542 g/mol. The minimum absolute atomic E-state index is 0. The maximum Gasteiger partial charge on any atom is 0.191 e. The van der Waals surface area contributed by atoms with Crippen molar-refractivity contribution in [1.29, 1.82) is 0 Å². The van der Waals surface area contributed by atoms with E-state index in [9.17, 15) is 12.8 Å². The lowest BCUT2D eigenvalue weighted by Gasteiger charge is -2.18. The minimum atomic E-state index is -3.22. The summed E-state index contributed by atoms with van der Waals surface area (Å²) in [5, 5.41) is 6.37. The molecule has 1 aliphatic heterocycles. The molecule has 0 aliphatic carbocycles. The van der Waals surface area contributed by atoms with Crippen LogP contribution in [0.5, 0.6) is 0 Å². The van der Waals surface area contributed by atoms with Crippen LogP contribution >= 0.6 is 24.0 Å². The second-order valence-electron chi connectivity index (χ2n) is 7.58. The fourth-order valence-corrected chi connectivity index (χ4v) is 4.26. The third-order valence-corrected chi connectivity index (χ3v) is 5.73. The van der Waals surface area contributed by atoms with Crippen molar-refractivity contribution >= 4 is 45.5 Å². The Kier molecular flexibility index (Phi) is 9.95. The highest BCUT2D eigenvalue weighted by molar-refractivity contribution is 14.0. The summed E-state index contributed by atoms with van der Waals surface area (Å²) in [5.41, 5.74) is 3.43. The van der Waals surface area contributed by atoms with Crippen LogP contribution in [0.15, 0.2) is 59.6 Å². The number of sulfone groups is 1. The van der Waals surface area contributed by atoms with Gasteiger partial charge in [0.25, 0.3) is 0 Å². The Balaban J connectivity index is 0.00000363. The van der Waals surface area contributed by atoms with Gasteiger partial charge in [0.1, 0.15) is 5.82 Å². The van der Waals surface area contributed by atoms with Gasteiger partial charge in [0, 0.05) is 38.1 Å². The van der Waals surface area contributed by atoms with Crippen LogP contribution in [0.4, 0.5) is 10.1 Å². The molecule has 0 atom stereocenters. The van der Waals surface area contributed by atoms with Crippen LogP contribution in [-0.2, 0) is 28.7 Å². The van der Waals surface area contributed by atoms with E-state index in [1.807, 2.05) is 19.1 Å². The number of hydrogen-bond acceptors (Lipinski definition) is 4. The maximum absolute atomic E-state index is 13.8. The summed E-state index contributed by atoms with van der Waals surface area (Å²) in [5.74, 6) is 0.0605. The first-order valence-corrected chi connectivity index (χ1v) is 12.4. The van der Waals surface area contributed by atoms with Gasteiger partial charge in [-0.25, -0.2) is 17.8 Å². The van der Waals surface area contributed by atoms with Crippen molar-refractivity contribution in [3.8, 4) is 0 Å². The number of anilines is 1. The molecule has 0 saturated carbocycles. The first kappa shape index (κ1) is 26.1. The molecule has 0 unspecified atom stereocenters. The maximum atomic E-state index is 13.8. The molecule has 0 amide bonds. The van der Waals surface area contributed by atoms with Crippen molar-refractivity contribution in [2.75, 3.05) is 30.8 Å². The molecule has 1 aliphatic rings. The number of benzene rings is 2. The summed E-state index contributed by atoms with van der Waals surface area (Å²) >= 11 is 0. The molecule has 3 rings (SSSR count). The Bertz CT molecular complexity index is 1070.